The zero-order chi connectivity index (χ0) is 18.5. The lowest BCUT2D eigenvalue weighted by atomic mass is 10.1. The third-order valence-electron chi connectivity index (χ3n) is 3.59. The molecule has 3 aromatic rings. The van der Waals surface area contributed by atoms with Gasteiger partial charge in [0.05, 0.1) is 5.69 Å². The van der Waals surface area contributed by atoms with Gasteiger partial charge in [0, 0.05) is 17.3 Å². The molecular weight excluding hydrogens is 335 g/mol. The van der Waals surface area contributed by atoms with Crippen LogP contribution in [0.4, 0.5) is 21.6 Å². The first-order valence-corrected chi connectivity index (χ1v) is 7.79. The zero-order valence-electron chi connectivity index (χ0n) is 13.9. The molecule has 2 N–H and O–H groups in total. The summed E-state index contributed by atoms with van der Waals surface area (Å²) in [7, 11) is 0. The van der Waals surface area contributed by atoms with E-state index < -0.39 is 11.7 Å². The molecule has 7 heteroatoms. The highest BCUT2D eigenvalue weighted by molar-refractivity contribution is 6.03. The summed E-state index contributed by atoms with van der Waals surface area (Å²) in [6.45, 7) is 1.47. The van der Waals surface area contributed by atoms with E-state index in [1.165, 1.54) is 25.4 Å². The minimum atomic E-state index is -0.445. The standard InChI is InChI=1S/C19H15FN4O2/c1-12(25)13-6-8-14(9-7-13)23-19(26)17-10-18(22-11-21-17)24-16-5-3-2-4-15(16)20/h2-11H,1H3,(H,23,26)(H,21,22,24). The molecule has 0 aliphatic carbocycles. The van der Waals surface area contributed by atoms with Crippen molar-refractivity contribution in [3.63, 3.8) is 0 Å². The van der Waals surface area contributed by atoms with Crippen LogP contribution in [0, 0.1) is 5.82 Å². The van der Waals surface area contributed by atoms with Gasteiger partial charge in [0.2, 0.25) is 0 Å². The maximum absolute atomic E-state index is 13.7. The summed E-state index contributed by atoms with van der Waals surface area (Å²) < 4.78 is 13.7. The SMILES string of the molecule is CC(=O)c1ccc(NC(=O)c2cc(Nc3ccccc3F)ncn2)cc1. The van der Waals surface area contributed by atoms with E-state index >= 15 is 0 Å². The molecule has 0 aliphatic heterocycles. The Bertz CT molecular complexity index is 958. The highest BCUT2D eigenvalue weighted by Gasteiger charge is 2.11. The Kier molecular flexibility index (Phi) is 4.98. The number of halogens is 1. The van der Waals surface area contributed by atoms with Gasteiger partial charge in [0.25, 0.3) is 5.91 Å². The second-order valence-electron chi connectivity index (χ2n) is 5.48. The molecule has 0 radical (unpaired) electrons. The summed E-state index contributed by atoms with van der Waals surface area (Å²) in [6.07, 6.45) is 1.22. The fourth-order valence-corrected chi connectivity index (χ4v) is 2.23. The van der Waals surface area contributed by atoms with Crippen LogP contribution in [0.15, 0.2) is 60.9 Å². The summed E-state index contributed by atoms with van der Waals surface area (Å²) >= 11 is 0. The number of amides is 1. The van der Waals surface area contributed by atoms with Crippen molar-refractivity contribution in [2.24, 2.45) is 0 Å². The number of para-hydroxylation sites is 1. The van der Waals surface area contributed by atoms with Gasteiger partial charge < -0.3 is 10.6 Å². The quantitative estimate of drug-likeness (QED) is 0.684. The number of carbonyl (C=O) groups excluding carboxylic acids is 2. The highest BCUT2D eigenvalue weighted by Crippen LogP contribution is 2.18. The first-order chi connectivity index (χ1) is 12.5. The Balaban J connectivity index is 1.74. The van der Waals surface area contributed by atoms with E-state index in [4.69, 9.17) is 0 Å². The van der Waals surface area contributed by atoms with E-state index in [2.05, 4.69) is 20.6 Å². The van der Waals surface area contributed by atoms with Gasteiger partial charge in [0.1, 0.15) is 23.7 Å². The van der Waals surface area contributed by atoms with Crippen molar-refractivity contribution in [1.82, 2.24) is 9.97 Å². The van der Waals surface area contributed by atoms with Gasteiger partial charge in [-0.05, 0) is 43.3 Å². The summed E-state index contributed by atoms with van der Waals surface area (Å²) in [6, 6.07) is 14.1. The fraction of sp³-hybridized carbons (Fsp3) is 0.0526. The molecule has 1 aromatic heterocycles. The summed E-state index contributed by atoms with van der Waals surface area (Å²) in [4.78, 5) is 31.5. The molecule has 0 aliphatic rings. The van der Waals surface area contributed by atoms with E-state index in [1.54, 1.807) is 42.5 Å². The molecule has 0 atom stereocenters. The number of nitrogens with zero attached hydrogens (tertiary/aromatic N) is 2. The number of ketones is 1. The number of carbonyl (C=O) groups is 2. The van der Waals surface area contributed by atoms with E-state index in [0.29, 0.717) is 17.1 Å². The highest BCUT2D eigenvalue weighted by atomic mass is 19.1. The van der Waals surface area contributed by atoms with E-state index in [0.717, 1.165) is 0 Å². The largest absolute Gasteiger partial charge is 0.338 e. The number of benzene rings is 2. The van der Waals surface area contributed by atoms with Crippen LogP contribution < -0.4 is 10.6 Å². The van der Waals surface area contributed by atoms with Crippen LogP contribution in [0.3, 0.4) is 0 Å². The number of anilines is 3. The summed E-state index contributed by atoms with van der Waals surface area (Å²) in [5.74, 6) is -0.632. The van der Waals surface area contributed by atoms with E-state index in [1.807, 2.05) is 0 Å². The van der Waals surface area contributed by atoms with Crippen LogP contribution in [-0.2, 0) is 0 Å². The minimum absolute atomic E-state index is 0.0532. The van der Waals surface area contributed by atoms with Crippen LogP contribution in [-0.4, -0.2) is 21.7 Å². The topological polar surface area (TPSA) is 84.0 Å². The van der Waals surface area contributed by atoms with Crippen LogP contribution in [0.25, 0.3) is 0 Å². The average molecular weight is 350 g/mol. The molecule has 0 saturated heterocycles. The monoisotopic (exact) mass is 350 g/mol. The van der Waals surface area contributed by atoms with Gasteiger partial charge in [-0.25, -0.2) is 14.4 Å². The van der Waals surface area contributed by atoms with Gasteiger partial charge in [-0.15, -0.1) is 0 Å². The lowest BCUT2D eigenvalue weighted by Gasteiger charge is -2.08. The molecule has 6 nitrogen and oxygen atoms in total. The molecule has 26 heavy (non-hydrogen) atoms. The van der Waals surface area contributed by atoms with Gasteiger partial charge in [-0.1, -0.05) is 12.1 Å². The summed E-state index contributed by atoms with van der Waals surface area (Å²) in [5.41, 5.74) is 1.45. The molecule has 2 aromatic carbocycles. The maximum Gasteiger partial charge on any atom is 0.274 e. The van der Waals surface area contributed by atoms with Crippen molar-refractivity contribution in [3.8, 4) is 0 Å². The number of nitrogens with one attached hydrogen (secondary N) is 2. The molecule has 0 fully saturated rings. The molecule has 1 heterocycles. The van der Waals surface area contributed by atoms with Crippen LogP contribution in [0.1, 0.15) is 27.8 Å². The van der Waals surface area contributed by atoms with Crippen molar-refractivity contribution >= 4 is 28.9 Å². The summed E-state index contributed by atoms with van der Waals surface area (Å²) in [5, 5.41) is 5.49. The van der Waals surface area contributed by atoms with Crippen LogP contribution >= 0.6 is 0 Å². The third kappa shape index (κ3) is 4.07. The number of Topliss-reactive ketones (excluding diaryl/α,β-unsaturated/α-hetero) is 1. The molecule has 3 rings (SSSR count). The van der Waals surface area contributed by atoms with E-state index in [-0.39, 0.29) is 17.2 Å². The molecule has 1 amide bonds. The van der Waals surface area contributed by atoms with Gasteiger partial charge in [-0.2, -0.15) is 0 Å². The Morgan fingerprint density at radius 2 is 1.73 bits per heavy atom. The van der Waals surface area contributed by atoms with E-state index in [9.17, 15) is 14.0 Å². The van der Waals surface area contributed by atoms with Crippen LogP contribution in [0.2, 0.25) is 0 Å². The average Bonchev–Trinajstić information content (AvgIpc) is 2.64. The predicted molar refractivity (Wildman–Crippen MR) is 96.1 cm³/mol. The van der Waals surface area contributed by atoms with Gasteiger partial charge in [-0.3, -0.25) is 9.59 Å². The lowest BCUT2D eigenvalue weighted by Crippen LogP contribution is -2.14. The smallest absolute Gasteiger partial charge is 0.274 e. The lowest BCUT2D eigenvalue weighted by molar-refractivity contribution is 0.101. The van der Waals surface area contributed by atoms with Crippen molar-refractivity contribution < 1.29 is 14.0 Å². The Hall–Kier alpha value is -3.61. The molecular formula is C19H15FN4O2. The molecule has 0 saturated carbocycles. The Labute approximate surface area is 149 Å². The molecule has 0 bridgehead atoms. The fourth-order valence-electron chi connectivity index (χ4n) is 2.23. The van der Waals surface area contributed by atoms with Crippen molar-refractivity contribution in [3.05, 3.63) is 78.0 Å². The van der Waals surface area contributed by atoms with Crippen LogP contribution in [0.5, 0.6) is 0 Å². The number of rotatable bonds is 5. The van der Waals surface area contributed by atoms with Crippen molar-refractivity contribution in [1.29, 1.82) is 0 Å². The normalized spacial score (nSPS) is 10.2. The first kappa shape index (κ1) is 17.2. The molecule has 0 unspecified atom stereocenters. The predicted octanol–water partition coefficient (Wildman–Crippen LogP) is 3.81. The maximum atomic E-state index is 13.7. The Morgan fingerprint density at radius 3 is 2.42 bits per heavy atom. The van der Waals surface area contributed by atoms with Gasteiger partial charge >= 0.3 is 0 Å². The third-order valence-corrected chi connectivity index (χ3v) is 3.59. The number of hydrogen-bond donors (Lipinski definition) is 2. The number of aromatic nitrogens is 2. The zero-order valence-corrected chi connectivity index (χ0v) is 13.9. The molecule has 130 valence electrons. The van der Waals surface area contributed by atoms with Crippen molar-refractivity contribution in [2.45, 2.75) is 6.92 Å². The van der Waals surface area contributed by atoms with Crippen molar-refractivity contribution in [2.75, 3.05) is 10.6 Å². The molecule has 0 spiro atoms. The van der Waals surface area contributed by atoms with Gasteiger partial charge in [0.15, 0.2) is 5.78 Å². The first-order valence-electron chi connectivity index (χ1n) is 7.79. The second kappa shape index (κ2) is 7.52. The minimum Gasteiger partial charge on any atom is -0.338 e. The Morgan fingerprint density at radius 1 is 1.00 bits per heavy atom. The number of hydrogen-bond acceptors (Lipinski definition) is 5. The second-order valence-corrected chi connectivity index (χ2v) is 5.48.